The molecule has 3 rings (SSSR count). The maximum absolute atomic E-state index is 12.9. The van der Waals surface area contributed by atoms with Gasteiger partial charge in [0.15, 0.2) is 10.6 Å². The molecular weight excluding hydrogens is 400 g/mol. The van der Waals surface area contributed by atoms with Gasteiger partial charge in [-0.3, -0.25) is 9.59 Å². The van der Waals surface area contributed by atoms with Gasteiger partial charge < -0.3 is 14.0 Å². The summed E-state index contributed by atoms with van der Waals surface area (Å²) in [5.41, 5.74) is 1.09. The Labute approximate surface area is 172 Å². The minimum atomic E-state index is -0.464. The van der Waals surface area contributed by atoms with Crippen LogP contribution >= 0.6 is 22.9 Å². The van der Waals surface area contributed by atoms with Gasteiger partial charge in [0.05, 0.1) is 30.2 Å². The molecule has 0 aliphatic carbocycles. The molecule has 0 saturated carbocycles. The summed E-state index contributed by atoms with van der Waals surface area (Å²) in [4.78, 5) is 30.3. The van der Waals surface area contributed by atoms with Crippen molar-refractivity contribution in [3.63, 3.8) is 0 Å². The molecule has 1 aliphatic rings. The number of methoxy groups -OCH3 is 1. The highest BCUT2D eigenvalue weighted by molar-refractivity contribution is 7.11. The van der Waals surface area contributed by atoms with Crippen LogP contribution in [0, 0.1) is 6.92 Å². The minimum Gasteiger partial charge on any atom is -0.496 e. The van der Waals surface area contributed by atoms with Gasteiger partial charge in [0, 0.05) is 24.2 Å². The van der Waals surface area contributed by atoms with Crippen molar-refractivity contribution in [2.24, 2.45) is 4.99 Å². The monoisotopic (exact) mass is 422 g/mol. The maximum Gasteiger partial charge on any atom is 0.283 e. The van der Waals surface area contributed by atoms with Crippen LogP contribution in [-0.4, -0.2) is 36.1 Å². The molecule has 0 bridgehead atoms. The smallest absolute Gasteiger partial charge is 0.283 e. The Bertz CT molecular complexity index is 958. The molecule has 0 spiro atoms. The third-order valence-electron chi connectivity index (χ3n) is 4.73. The van der Waals surface area contributed by atoms with Crippen LogP contribution in [0.15, 0.2) is 23.2 Å². The fourth-order valence-corrected chi connectivity index (χ4v) is 4.47. The number of amides is 1. The van der Waals surface area contributed by atoms with E-state index in [1.807, 2.05) is 11.5 Å². The summed E-state index contributed by atoms with van der Waals surface area (Å²) in [6, 6.07) is 4.82. The zero-order valence-electron chi connectivity index (χ0n) is 16.2. The van der Waals surface area contributed by atoms with Crippen molar-refractivity contribution in [3.05, 3.63) is 44.2 Å². The predicted molar refractivity (Wildman–Crippen MR) is 109 cm³/mol. The van der Waals surface area contributed by atoms with E-state index in [2.05, 4.69) is 4.99 Å². The van der Waals surface area contributed by atoms with E-state index in [0.717, 1.165) is 31.6 Å². The number of carbonyl (C=O) groups excluding carboxylic acids is 2. The number of carbonyl (C=O) groups is 2. The highest BCUT2D eigenvalue weighted by Crippen LogP contribution is 2.24. The number of ketones is 1. The number of hydrogen-bond donors (Lipinski definition) is 0. The van der Waals surface area contributed by atoms with Crippen molar-refractivity contribution in [3.8, 4) is 5.75 Å². The molecule has 1 aliphatic heterocycles. The number of rotatable bonds is 5. The number of Topliss-reactive ketones (excluding diaryl/α,β-unsaturated/α-hetero) is 1. The average Bonchev–Trinajstić information content (AvgIpc) is 2.98. The highest BCUT2D eigenvalue weighted by atomic mass is 35.5. The highest BCUT2D eigenvalue weighted by Gasteiger charge is 2.21. The first kappa shape index (κ1) is 20.8. The van der Waals surface area contributed by atoms with Gasteiger partial charge in [-0.1, -0.05) is 22.9 Å². The first-order chi connectivity index (χ1) is 13.4. The molecule has 28 heavy (non-hydrogen) atoms. The Morgan fingerprint density at radius 1 is 1.39 bits per heavy atom. The van der Waals surface area contributed by atoms with Crippen molar-refractivity contribution >= 4 is 34.6 Å². The minimum absolute atomic E-state index is 0.0463. The van der Waals surface area contributed by atoms with Gasteiger partial charge in [-0.25, -0.2) is 0 Å². The van der Waals surface area contributed by atoms with Crippen LogP contribution in [0.25, 0.3) is 0 Å². The molecule has 1 unspecified atom stereocenters. The number of halogens is 1. The summed E-state index contributed by atoms with van der Waals surface area (Å²) in [6.07, 6.45) is 3.18. The van der Waals surface area contributed by atoms with Crippen molar-refractivity contribution in [2.75, 3.05) is 13.7 Å². The number of benzene rings is 1. The second-order valence-electron chi connectivity index (χ2n) is 6.72. The molecule has 8 heteroatoms. The Hall–Kier alpha value is -1.96. The van der Waals surface area contributed by atoms with Crippen LogP contribution < -0.4 is 9.54 Å². The number of thiazole rings is 1. The van der Waals surface area contributed by atoms with Crippen molar-refractivity contribution in [1.29, 1.82) is 0 Å². The van der Waals surface area contributed by atoms with Crippen LogP contribution in [0.5, 0.6) is 5.75 Å². The van der Waals surface area contributed by atoms with Crippen molar-refractivity contribution in [1.82, 2.24) is 4.57 Å². The van der Waals surface area contributed by atoms with E-state index in [0.29, 0.717) is 27.0 Å². The van der Waals surface area contributed by atoms with E-state index < -0.39 is 5.91 Å². The molecule has 0 radical (unpaired) electrons. The lowest BCUT2D eigenvalue weighted by Gasteiger charge is -2.23. The van der Waals surface area contributed by atoms with E-state index in [4.69, 9.17) is 21.1 Å². The second kappa shape index (κ2) is 9.03. The van der Waals surface area contributed by atoms with E-state index in [9.17, 15) is 9.59 Å². The molecule has 1 aromatic carbocycles. The summed E-state index contributed by atoms with van der Waals surface area (Å²) in [5, 5.41) is 0.426. The normalized spacial score (nSPS) is 17.6. The molecule has 2 aromatic rings. The zero-order valence-corrected chi connectivity index (χ0v) is 17.7. The standard InChI is InChI=1S/C20H23ClN2O4S/c1-12-18(13(2)24)28-20(23(12)11-15-6-4-5-9-27-15)22-19(25)16-10-14(21)7-8-17(16)26-3/h7-8,10,15H,4-6,9,11H2,1-3H3/b22-20-. The van der Waals surface area contributed by atoms with Gasteiger partial charge in [0.2, 0.25) is 0 Å². The summed E-state index contributed by atoms with van der Waals surface area (Å²) in [6.45, 7) is 4.69. The number of aromatic nitrogens is 1. The SMILES string of the molecule is COc1ccc(Cl)cc1C(=O)/N=c1\sc(C(C)=O)c(C)n1CC1CCCCO1. The Kier molecular flexibility index (Phi) is 6.69. The van der Waals surface area contributed by atoms with Crippen molar-refractivity contribution in [2.45, 2.75) is 45.8 Å². The third-order valence-corrected chi connectivity index (χ3v) is 6.24. The summed E-state index contributed by atoms with van der Waals surface area (Å²) in [5.74, 6) is -0.107. The van der Waals surface area contributed by atoms with E-state index >= 15 is 0 Å². The largest absolute Gasteiger partial charge is 0.496 e. The lowest BCUT2D eigenvalue weighted by atomic mass is 10.1. The van der Waals surface area contributed by atoms with E-state index in [-0.39, 0.29) is 17.5 Å². The lowest BCUT2D eigenvalue weighted by Crippen LogP contribution is -2.30. The van der Waals surface area contributed by atoms with Crippen LogP contribution in [0.3, 0.4) is 0 Å². The van der Waals surface area contributed by atoms with Crippen molar-refractivity contribution < 1.29 is 19.1 Å². The first-order valence-corrected chi connectivity index (χ1v) is 10.4. The Balaban J connectivity index is 2.04. The quantitative estimate of drug-likeness (QED) is 0.682. The lowest BCUT2D eigenvalue weighted by molar-refractivity contribution is 0.00521. The summed E-state index contributed by atoms with van der Waals surface area (Å²) >= 11 is 7.26. The fraction of sp³-hybridized carbons (Fsp3) is 0.450. The van der Waals surface area contributed by atoms with Crippen LogP contribution in [0.1, 0.15) is 51.9 Å². The molecular formula is C20H23ClN2O4S. The molecule has 6 nitrogen and oxygen atoms in total. The number of hydrogen-bond acceptors (Lipinski definition) is 5. The van der Waals surface area contributed by atoms with Gasteiger partial charge in [-0.2, -0.15) is 4.99 Å². The molecule has 1 fully saturated rings. The molecule has 2 heterocycles. The van der Waals surface area contributed by atoms with Crippen LogP contribution in [0.2, 0.25) is 5.02 Å². The third kappa shape index (κ3) is 4.54. The summed E-state index contributed by atoms with van der Waals surface area (Å²) in [7, 11) is 1.49. The van der Waals surface area contributed by atoms with E-state index in [1.54, 1.807) is 12.1 Å². The molecule has 1 atom stereocenters. The van der Waals surface area contributed by atoms with Gasteiger partial charge >= 0.3 is 0 Å². The maximum atomic E-state index is 12.9. The molecule has 150 valence electrons. The molecule has 0 N–H and O–H groups in total. The zero-order chi connectivity index (χ0) is 20.3. The number of nitrogens with zero attached hydrogens (tertiary/aromatic N) is 2. The van der Waals surface area contributed by atoms with E-state index in [1.165, 1.54) is 31.4 Å². The fourth-order valence-electron chi connectivity index (χ4n) is 3.26. The van der Waals surface area contributed by atoms with Gasteiger partial charge in [0.1, 0.15) is 5.75 Å². The number of ether oxygens (including phenoxy) is 2. The van der Waals surface area contributed by atoms with Gasteiger partial charge in [0.25, 0.3) is 5.91 Å². The Morgan fingerprint density at radius 3 is 2.82 bits per heavy atom. The van der Waals surface area contributed by atoms with Crippen LogP contribution in [-0.2, 0) is 11.3 Å². The molecule has 1 aromatic heterocycles. The topological polar surface area (TPSA) is 69.9 Å². The van der Waals surface area contributed by atoms with Gasteiger partial charge in [-0.15, -0.1) is 0 Å². The summed E-state index contributed by atoms with van der Waals surface area (Å²) < 4.78 is 13.0. The van der Waals surface area contributed by atoms with Gasteiger partial charge in [-0.05, 0) is 44.4 Å². The second-order valence-corrected chi connectivity index (χ2v) is 8.13. The predicted octanol–water partition coefficient (Wildman–Crippen LogP) is 4.03. The average molecular weight is 423 g/mol. The molecule has 1 amide bonds. The van der Waals surface area contributed by atoms with Crippen LogP contribution in [0.4, 0.5) is 0 Å². The molecule has 1 saturated heterocycles. The Morgan fingerprint density at radius 2 is 2.18 bits per heavy atom. The first-order valence-electron chi connectivity index (χ1n) is 9.16.